The third-order valence-electron chi connectivity index (χ3n) is 4.73. The third kappa shape index (κ3) is 4.04. The molecular weight excluding hydrogens is 364 g/mol. The summed E-state index contributed by atoms with van der Waals surface area (Å²) >= 11 is 0. The average Bonchev–Trinajstić information content (AvgIpc) is 3.25. The molecule has 0 aromatic heterocycles. The van der Waals surface area contributed by atoms with Gasteiger partial charge in [0, 0.05) is 24.7 Å². The fraction of sp³-hybridized carbons (Fsp3) is 0.562. The molecule has 1 amide bonds. The molecule has 0 spiro atoms. The number of sulfone groups is 1. The van der Waals surface area contributed by atoms with Crippen LogP contribution in [-0.2, 0) is 19.9 Å². The lowest BCUT2D eigenvalue weighted by molar-refractivity contribution is 0.0746. The third-order valence-corrected chi connectivity index (χ3v) is 7.99. The lowest BCUT2D eigenvalue weighted by atomic mass is 10.1. The second-order valence-electron chi connectivity index (χ2n) is 6.85. The number of nitrogens with zero attached hydrogens (tertiary/aromatic N) is 1. The number of hydrogen-bond donors (Lipinski definition) is 1. The van der Waals surface area contributed by atoms with Crippen molar-refractivity contribution in [1.29, 1.82) is 0 Å². The van der Waals surface area contributed by atoms with Crippen LogP contribution in [0.3, 0.4) is 0 Å². The number of amides is 1. The topological polar surface area (TPSA) is 101 Å². The zero-order chi connectivity index (χ0) is 18.4. The lowest BCUT2D eigenvalue weighted by Gasteiger charge is -2.24. The van der Waals surface area contributed by atoms with Gasteiger partial charge in [-0.3, -0.25) is 4.79 Å². The molecule has 1 aromatic rings. The van der Waals surface area contributed by atoms with E-state index in [2.05, 4.69) is 4.72 Å². The first-order valence-electron chi connectivity index (χ1n) is 8.20. The zero-order valence-corrected chi connectivity index (χ0v) is 15.9. The van der Waals surface area contributed by atoms with Crippen LogP contribution in [0.2, 0.25) is 0 Å². The van der Waals surface area contributed by atoms with Gasteiger partial charge in [-0.2, -0.15) is 0 Å². The summed E-state index contributed by atoms with van der Waals surface area (Å²) in [7, 11) is -5.19. The zero-order valence-electron chi connectivity index (χ0n) is 14.2. The Morgan fingerprint density at radius 3 is 2.48 bits per heavy atom. The number of nitrogens with one attached hydrogen (secondary N) is 1. The van der Waals surface area contributed by atoms with Crippen molar-refractivity contribution in [3.8, 4) is 0 Å². The van der Waals surface area contributed by atoms with Crippen molar-refractivity contribution in [3.63, 3.8) is 0 Å². The van der Waals surface area contributed by atoms with Crippen molar-refractivity contribution in [2.24, 2.45) is 0 Å². The van der Waals surface area contributed by atoms with Crippen LogP contribution in [0.4, 0.5) is 0 Å². The number of carbonyl (C=O) groups is 1. The molecule has 138 valence electrons. The van der Waals surface area contributed by atoms with E-state index in [1.807, 2.05) is 0 Å². The Hall–Kier alpha value is -1.45. The van der Waals surface area contributed by atoms with Gasteiger partial charge in [0.2, 0.25) is 10.0 Å². The Balaban J connectivity index is 1.86. The van der Waals surface area contributed by atoms with Crippen LogP contribution in [0.5, 0.6) is 0 Å². The highest BCUT2D eigenvalue weighted by Gasteiger charge is 2.34. The van der Waals surface area contributed by atoms with Crippen LogP contribution in [0.15, 0.2) is 23.1 Å². The molecule has 0 bridgehead atoms. The van der Waals surface area contributed by atoms with Crippen molar-refractivity contribution in [2.45, 2.75) is 43.2 Å². The van der Waals surface area contributed by atoms with Gasteiger partial charge >= 0.3 is 0 Å². The van der Waals surface area contributed by atoms with Gasteiger partial charge in [-0.25, -0.2) is 21.6 Å². The van der Waals surface area contributed by atoms with E-state index in [0.29, 0.717) is 12.0 Å². The highest BCUT2D eigenvalue weighted by atomic mass is 32.2. The molecule has 2 aliphatic rings. The summed E-state index contributed by atoms with van der Waals surface area (Å²) in [5, 5.41) is 0. The largest absolute Gasteiger partial charge is 0.338 e. The number of hydrogen-bond acceptors (Lipinski definition) is 5. The molecule has 0 radical (unpaired) electrons. The van der Waals surface area contributed by atoms with E-state index in [4.69, 9.17) is 0 Å². The minimum absolute atomic E-state index is 0.0168. The van der Waals surface area contributed by atoms with Gasteiger partial charge < -0.3 is 4.90 Å². The Bertz CT molecular complexity index is 904. The number of rotatable bonds is 5. The average molecular weight is 386 g/mol. The van der Waals surface area contributed by atoms with E-state index >= 15 is 0 Å². The maximum absolute atomic E-state index is 12.8. The monoisotopic (exact) mass is 386 g/mol. The van der Waals surface area contributed by atoms with Crippen LogP contribution >= 0.6 is 0 Å². The van der Waals surface area contributed by atoms with Crippen LogP contribution < -0.4 is 4.72 Å². The molecule has 1 aliphatic heterocycles. The van der Waals surface area contributed by atoms with E-state index in [-0.39, 0.29) is 40.0 Å². The summed E-state index contributed by atoms with van der Waals surface area (Å²) < 4.78 is 50.6. The number of aryl methyl sites for hydroxylation is 1. The van der Waals surface area contributed by atoms with Gasteiger partial charge in [-0.1, -0.05) is 6.07 Å². The quantitative estimate of drug-likeness (QED) is 0.803. The van der Waals surface area contributed by atoms with E-state index < -0.39 is 19.9 Å². The van der Waals surface area contributed by atoms with E-state index in [9.17, 15) is 21.6 Å². The minimum atomic E-state index is -3.65. The van der Waals surface area contributed by atoms with E-state index in [0.717, 1.165) is 12.8 Å². The van der Waals surface area contributed by atoms with Crippen molar-refractivity contribution < 1.29 is 21.6 Å². The van der Waals surface area contributed by atoms with Crippen LogP contribution in [0.1, 0.15) is 35.2 Å². The molecular formula is C16H22N2O5S2. The van der Waals surface area contributed by atoms with Crippen molar-refractivity contribution >= 4 is 25.8 Å². The second-order valence-corrected chi connectivity index (χ2v) is 10.8. The maximum atomic E-state index is 12.8. The molecule has 0 unspecified atom stereocenters. The van der Waals surface area contributed by atoms with E-state index in [1.54, 1.807) is 20.0 Å². The molecule has 1 saturated heterocycles. The summed E-state index contributed by atoms with van der Waals surface area (Å²) in [6.07, 6.45) is 2.07. The first-order valence-corrected chi connectivity index (χ1v) is 11.5. The number of benzene rings is 1. The predicted molar refractivity (Wildman–Crippen MR) is 93.7 cm³/mol. The number of sulfonamides is 1. The normalized spacial score (nSPS) is 22.7. The maximum Gasteiger partial charge on any atom is 0.254 e. The molecule has 25 heavy (non-hydrogen) atoms. The molecule has 9 heteroatoms. The van der Waals surface area contributed by atoms with Gasteiger partial charge in [-0.15, -0.1) is 0 Å². The summed E-state index contributed by atoms with van der Waals surface area (Å²) in [6.45, 7) is 1.73. The predicted octanol–water partition coefficient (Wildman–Crippen LogP) is 0.695. The van der Waals surface area contributed by atoms with Gasteiger partial charge in [-0.05, 0) is 43.9 Å². The van der Waals surface area contributed by atoms with Crippen LogP contribution in [-0.4, -0.2) is 58.3 Å². The van der Waals surface area contributed by atoms with Crippen molar-refractivity contribution in [1.82, 2.24) is 9.62 Å². The highest BCUT2D eigenvalue weighted by Crippen LogP contribution is 2.25. The Kier molecular flexibility index (Phi) is 4.67. The van der Waals surface area contributed by atoms with Crippen molar-refractivity contribution in [2.75, 3.05) is 18.6 Å². The Morgan fingerprint density at radius 1 is 1.24 bits per heavy atom. The molecule has 1 N–H and O–H groups in total. The molecule has 2 fully saturated rings. The molecule has 1 aromatic carbocycles. The summed E-state index contributed by atoms with van der Waals surface area (Å²) in [6, 6.07) is 4.08. The molecule has 3 rings (SSSR count). The van der Waals surface area contributed by atoms with Crippen LogP contribution in [0, 0.1) is 6.92 Å². The first kappa shape index (κ1) is 18.3. The van der Waals surface area contributed by atoms with Gasteiger partial charge in [0.1, 0.15) is 0 Å². The smallest absolute Gasteiger partial charge is 0.254 e. The number of carbonyl (C=O) groups excluding carboxylic acids is 1. The summed E-state index contributed by atoms with van der Waals surface area (Å²) in [4.78, 5) is 14.3. The highest BCUT2D eigenvalue weighted by molar-refractivity contribution is 7.91. The Labute approximate surface area is 148 Å². The van der Waals surface area contributed by atoms with Gasteiger partial charge in [0.15, 0.2) is 9.84 Å². The molecule has 1 aliphatic carbocycles. The van der Waals surface area contributed by atoms with E-state index in [1.165, 1.54) is 17.0 Å². The molecule has 1 saturated carbocycles. The molecule has 1 heterocycles. The molecule has 7 nitrogen and oxygen atoms in total. The first-order chi connectivity index (χ1) is 11.6. The standard InChI is InChI=1S/C16H22N2O5S2/c1-11-3-6-14(25(22,23)17-12-4-5-12)9-15(11)16(19)18(2)13-7-8-24(20,21)10-13/h3,6,9,12-13,17H,4-5,7-8,10H2,1-2H3/t13-/m0/s1. The summed E-state index contributed by atoms with van der Waals surface area (Å²) in [5.41, 5.74) is 0.938. The molecule has 1 atom stereocenters. The van der Waals surface area contributed by atoms with Gasteiger partial charge in [0.05, 0.1) is 16.4 Å². The lowest BCUT2D eigenvalue weighted by Crippen LogP contribution is -2.38. The fourth-order valence-electron chi connectivity index (χ4n) is 2.92. The van der Waals surface area contributed by atoms with Crippen LogP contribution in [0.25, 0.3) is 0 Å². The second kappa shape index (κ2) is 6.37. The van der Waals surface area contributed by atoms with Gasteiger partial charge in [0.25, 0.3) is 5.91 Å². The Morgan fingerprint density at radius 2 is 1.92 bits per heavy atom. The SMILES string of the molecule is Cc1ccc(S(=O)(=O)NC2CC2)cc1C(=O)N(C)[C@H]1CCS(=O)(=O)C1. The summed E-state index contributed by atoms with van der Waals surface area (Å²) in [5.74, 6) is -0.327. The fourth-order valence-corrected chi connectivity index (χ4v) is 6.03. The minimum Gasteiger partial charge on any atom is -0.338 e. The van der Waals surface area contributed by atoms with Crippen molar-refractivity contribution in [3.05, 3.63) is 29.3 Å².